The Morgan fingerprint density at radius 2 is 1.69 bits per heavy atom. The number of methoxy groups -OCH3 is 3. The van der Waals surface area contributed by atoms with Crippen molar-refractivity contribution in [2.24, 2.45) is 0 Å². The molecule has 26 heavy (non-hydrogen) atoms. The zero-order valence-electron chi connectivity index (χ0n) is 15.0. The Balaban J connectivity index is 1.90. The summed E-state index contributed by atoms with van der Waals surface area (Å²) in [7, 11) is 4.51. The van der Waals surface area contributed by atoms with Crippen LogP contribution in [0, 0.1) is 5.82 Å². The molecule has 2 aromatic rings. The molecule has 2 rings (SSSR count). The summed E-state index contributed by atoms with van der Waals surface area (Å²) >= 11 is 1.55. The van der Waals surface area contributed by atoms with E-state index in [-0.39, 0.29) is 11.7 Å². The Bertz CT molecular complexity index is 754. The van der Waals surface area contributed by atoms with Gasteiger partial charge in [0.25, 0.3) is 5.91 Å². The van der Waals surface area contributed by atoms with E-state index in [1.54, 1.807) is 36.0 Å². The van der Waals surface area contributed by atoms with Gasteiger partial charge < -0.3 is 19.5 Å². The molecule has 0 aliphatic rings. The average Bonchev–Trinajstić information content (AvgIpc) is 2.67. The quantitative estimate of drug-likeness (QED) is 0.676. The number of nitrogens with one attached hydrogen (secondary N) is 1. The number of hydrogen-bond acceptors (Lipinski definition) is 5. The summed E-state index contributed by atoms with van der Waals surface area (Å²) in [6.07, 6.45) is 0. The SMILES string of the molecule is COc1cc(OC)c(C(=O)NCCSCc2ccccc2F)cc1OC. The van der Waals surface area contributed by atoms with E-state index in [2.05, 4.69) is 5.32 Å². The first kappa shape index (κ1) is 19.9. The molecule has 7 heteroatoms. The molecule has 0 unspecified atom stereocenters. The standard InChI is InChI=1S/C19H22FNO4S/c1-23-16-11-18(25-3)17(24-2)10-14(16)19(22)21-8-9-26-12-13-6-4-5-7-15(13)20/h4-7,10-11H,8-9,12H2,1-3H3,(H,21,22). The molecule has 0 radical (unpaired) electrons. The Labute approximate surface area is 156 Å². The topological polar surface area (TPSA) is 56.8 Å². The fourth-order valence-electron chi connectivity index (χ4n) is 2.34. The van der Waals surface area contributed by atoms with Crippen LogP contribution in [0.25, 0.3) is 0 Å². The summed E-state index contributed by atoms with van der Waals surface area (Å²) in [6, 6.07) is 9.88. The van der Waals surface area contributed by atoms with Gasteiger partial charge in [0, 0.05) is 30.2 Å². The van der Waals surface area contributed by atoms with Crippen LogP contribution in [0.3, 0.4) is 0 Å². The van der Waals surface area contributed by atoms with Crippen LogP contribution >= 0.6 is 11.8 Å². The van der Waals surface area contributed by atoms with Crippen molar-refractivity contribution in [1.82, 2.24) is 5.32 Å². The summed E-state index contributed by atoms with van der Waals surface area (Å²) in [6.45, 7) is 0.454. The maximum atomic E-state index is 13.5. The van der Waals surface area contributed by atoms with E-state index >= 15 is 0 Å². The van der Waals surface area contributed by atoms with Gasteiger partial charge in [-0.1, -0.05) is 18.2 Å². The normalized spacial score (nSPS) is 10.3. The molecule has 2 aromatic carbocycles. The highest BCUT2D eigenvalue weighted by Gasteiger charge is 2.17. The number of hydrogen-bond donors (Lipinski definition) is 1. The summed E-state index contributed by atoms with van der Waals surface area (Å²) < 4.78 is 29.2. The fraction of sp³-hybridized carbons (Fsp3) is 0.316. The first-order valence-corrected chi connectivity index (χ1v) is 9.15. The van der Waals surface area contributed by atoms with Gasteiger partial charge in [-0.15, -0.1) is 0 Å². The van der Waals surface area contributed by atoms with Gasteiger partial charge in [-0.3, -0.25) is 4.79 Å². The summed E-state index contributed by atoms with van der Waals surface area (Å²) in [5.74, 6) is 2.08. The number of ether oxygens (including phenoxy) is 3. The molecular weight excluding hydrogens is 357 g/mol. The first-order valence-electron chi connectivity index (χ1n) is 8.00. The molecule has 0 fully saturated rings. The molecule has 0 aliphatic heterocycles. The van der Waals surface area contributed by atoms with E-state index in [1.165, 1.54) is 27.4 Å². The van der Waals surface area contributed by atoms with Crippen LogP contribution in [0.1, 0.15) is 15.9 Å². The number of thioether (sulfide) groups is 1. The zero-order chi connectivity index (χ0) is 18.9. The molecule has 0 saturated heterocycles. The van der Waals surface area contributed by atoms with Crippen LogP contribution in [0.15, 0.2) is 36.4 Å². The number of carbonyl (C=O) groups excluding carboxylic acids is 1. The predicted octanol–water partition coefficient (Wildman–Crippen LogP) is 3.51. The van der Waals surface area contributed by atoms with Crippen LogP contribution < -0.4 is 19.5 Å². The van der Waals surface area contributed by atoms with Crippen molar-refractivity contribution in [2.75, 3.05) is 33.6 Å². The zero-order valence-corrected chi connectivity index (χ0v) is 15.8. The number of carbonyl (C=O) groups is 1. The van der Waals surface area contributed by atoms with Crippen molar-refractivity contribution >= 4 is 17.7 Å². The number of amides is 1. The van der Waals surface area contributed by atoms with Crippen LogP contribution in [0.2, 0.25) is 0 Å². The number of benzene rings is 2. The second-order valence-corrected chi connectivity index (χ2v) is 6.41. The van der Waals surface area contributed by atoms with Gasteiger partial charge in [0.2, 0.25) is 0 Å². The molecule has 0 heterocycles. The second kappa shape index (κ2) is 9.91. The third-order valence-electron chi connectivity index (χ3n) is 3.70. The third kappa shape index (κ3) is 5.05. The van der Waals surface area contributed by atoms with E-state index < -0.39 is 0 Å². The van der Waals surface area contributed by atoms with Crippen molar-refractivity contribution in [2.45, 2.75) is 5.75 Å². The van der Waals surface area contributed by atoms with E-state index in [4.69, 9.17) is 14.2 Å². The van der Waals surface area contributed by atoms with Crippen molar-refractivity contribution in [3.63, 3.8) is 0 Å². The summed E-state index contributed by atoms with van der Waals surface area (Å²) in [5.41, 5.74) is 1.02. The Morgan fingerprint density at radius 1 is 1.04 bits per heavy atom. The van der Waals surface area contributed by atoms with Gasteiger partial charge in [0.1, 0.15) is 11.6 Å². The van der Waals surface area contributed by atoms with E-state index in [0.29, 0.717) is 46.4 Å². The molecule has 0 spiro atoms. The molecule has 0 saturated carbocycles. The van der Waals surface area contributed by atoms with Crippen LogP contribution in [0.4, 0.5) is 4.39 Å². The largest absolute Gasteiger partial charge is 0.496 e. The fourth-order valence-corrected chi connectivity index (χ4v) is 3.18. The molecule has 0 atom stereocenters. The summed E-state index contributed by atoms with van der Waals surface area (Å²) in [4.78, 5) is 12.4. The number of halogens is 1. The van der Waals surface area contributed by atoms with Crippen LogP contribution in [-0.2, 0) is 5.75 Å². The minimum Gasteiger partial charge on any atom is -0.496 e. The van der Waals surface area contributed by atoms with E-state index in [0.717, 1.165) is 0 Å². The first-order chi connectivity index (χ1) is 12.6. The van der Waals surface area contributed by atoms with Gasteiger partial charge in [-0.25, -0.2) is 4.39 Å². The molecule has 0 aromatic heterocycles. The maximum Gasteiger partial charge on any atom is 0.255 e. The van der Waals surface area contributed by atoms with Crippen LogP contribution in [0.5, 0.6) is 17.2 Å². The van der Waals surface area contributed by atoms with Gasteiger partial charge in [-0.2, -0.15) is 11.8 Å². The minimum atomic E-state index is -0.269. The van der Waals surface area contributed by atoms with E-state index in [9.17, 15) is 9.18 Å². The molecule has 0 aliphatic carbocycles. The molecular formula is C19H22FNO4S. The minimum absolute atomic E-state index is 0.209. The lowest BCUT2D eigenvalue weighted by Crippen LogP contribution is -2.26. The van der Waals surface area contributed by atoms with Gasteiger partial charge in [0.15, 0.2) is 11.5 Å². The van der Waals surface area contributed by atoms with E-state index in [1.807, 2.05) is 6.07 Å². The van der Waals surface area contributed by atoms with Gasteiger partial charge in [0.05, 0.1) is 26.9 Å². The Hall–Kier alpha value is -2.41. The highest BCUT2D eigenvalue weighted by Crippen LogP contribution is 2.34. The molecule has 140 valence electrons. The maximum absolute atomic E-state index is 13.5. The Kier molecular flexibility index (Phi) is 7.59. The molecule has 5 nitrogen and oxygen atoms in total. The molecule has 1 amide bonds. The summed E-state index contributed by atoms with van der Waals surface area (Å²) in [5, 5.41) is 2.83. The lowest BCUT2D eigenvalue weighted by Gasteiger charge is -2.14. The van der Waals surface area contributed by atoms with Gasteiger partial charge in [-0.05, 0) is 11.6 Å². The molecule has 1 N–H and O–H groups in total. The molecule has 0 bridgehead atoms. The Morgan fingerprint density at radius 3 is 2.35 bits per heavy atom. The predicted molar refractivity (Wildman–Crippen MR) is 101 cm³/mol. The highest BCUT2D eigenvalue weighted by molar-refractivity contribution is 7.98. The number of rotatable bonds is 9. The van der Waals surface area contributed by atoms with Gasteiger partial charge >= 0.3 is 0 Å². The van der Waals surface area contributed by atoms with Crippen molar-refractivity contribution in [3.05, 3.63) is 53.3 Å². The van der Waals surface area contributed by atoms with Crippen LogP contribution in [-0.4, -0.2) is 39.5 Å². The monoisotopic (exact) mass is 379 g/mol. The lowest BCUT2D eigenvalue weighted by atomic mass is 10.1. The second-order valence-electron chi connectivity index (χ2n) is 5.31. The highest BCUT2D eigenvalue weighted by atomic mass is 32.2. The smallest absolute Gasteiger partial charge is 0.255 e. The van der Waals surface area contributed by atoms with Crippen molar-refractivity contribution in [3.8, 4) is 17.2 Å². The van der Waals surface area contributed by atoms with Crippen molar-refractivity contribution in [1.29, 1.82) is 0 Å². The average molecular weight is 379 g/mol. The lowest BCUT2D eigenvalue weighted by molar-refractivity contribution is 0.0952. The third-order valence-corrected chi connectivity index (χ3v) is 4.71. The van der Waals surface area contributed by atoms with Crippen molar-refractivity contribution < 1.29 is 23.4 Å².